The van der Waals surface area contributed by atoms with E-state index in [-0.39, 0.29) is 11.0 Å². The molecule has 1 atom stereocenters. The summed E-state index contributed by atoms with van der Waals surface area (Å²) in [6, 6.07) is 0. The van der Waals surface area contributed by atoms with Gasteiger partial charge in [-0.05, 0) is 34.1 Å². The normalized spacial score (nSPS) is 30.2. The summed E-state index contributed by atoms with van der Waals surface area (Å²) in [5.41, 5.74) is -0.526. The number of hydrogen-bond acceptors (Lipinski definition) is 2. The fourth-order valence-electron chi connectivity index (χ4n) is 2.47. The predicted molar refractivity (Wildman–Crippen MR) is 69.1 cm³/mol. The van der Waals surface area contributed by atoms with Crippen molar-refractivity contribution < 1.29 is 9.47 Å². The van der Waals surface area contributed by atoms with Gasteiger partial charge in [-0.3, -0.25) is 0 Å². The van der Waals surface area contributed by atoms with Gasteiger partial charge in [-0.1, -0.05) is 0 Å². The van der Waals surface area contributed by atoms with E-state index < -0.39 is 5.79 Å². The first-order chi connectivity index (χ1) is 7.79. The Hall–Kier alpha value is -0.960. The fourth-order valence-corrected chi connectivity index (χ4v) is 2.47. The van der Waals surface area contributed by atoms with E-state index in [1.807, 2.05) is 13.8 Å². The van der Waals surface area contributed by atoms with Crippen molar-refractivity contribution in [3.8, 4) is 24.7 Å². The molecular formula is C15H22O2. The Morgan fingerprint density at radius 1 is 1.12 bits per heavy atom. The minimum Gasteiger partial charge on any atom is -0.350 e. The minimum absolute atomic E-state index is 0.191. The number of rotatable bonds is 3. The maximum absolute atomic E-state index is 6.04. The van der Waals surface area contributed by atoms with Crippen LogP contribution in [0.2, 0.25) is 0 Å². The van der Waals surface area contributed by atoms with E-state index in [2.05, 4.69) is 25.7 Å². The molecule has 17 heavy (non-hydrogen) atoms. The van der Waals surface area contributed by atoms with Crippen LogP contribution in [0.4, 0.5) is 0 Å². The molecule has 0 aromatic carbocycles. The Labute approximate surface area is 105 Å². The summed E-state index contributed by atoms with van der Waals surface area (Å²) in [7, 11) is 0. The fraction of sp³-hybridized carbons (Fsp3) is 0.733. The quantitative estimate of drug-likeness (QED) is 0.699. The zero-order valence-corrected chi connectivity index (χ0v) is 11.3. The van der Waals surface area contributed by atoms with Crippen LogP contribution in [0, 0.1) is 30.1 Å². The van der Waals surface area contributed by atoms with Crippen LogP contribution in [0.3, 0.4) is 0 Å². The Morgan fingerprint density at radius 3 is 2.24 bits per heavy atom. The lowest BCUT2D eigenvalue weighted by Crippen LogP contribution is -2.58. The van der Waals surface area contributed by atoms with E-state index in [4.69, 9.17) is 22.3 Å². The van der Waals surface area contributed by atoms with Gasteiger partial charge < -0.3 is 9.47 Å². The van der Waals surface area contributed by atoms with Crippen LogP contribution in [-0.4, -0.2) is 18.0 Å². The average molecular weight is 234 g/mol. The Balaban J connectivity index is 2.98. The standard InChI is InChI=1S/C15H22O2/c1-7-9-11-15(10-8-2)12-16-14(5,6)17-13(15,3)4/h1-2H,9-12H2,3-6H3. The highest BCUT2D eigenvalue weighted by atomic mass is 16.7. The Kier molecular flexibility index (Phi) is 3.92. The molecule has 0 saturated carbocycles. The second-order valence-electron chi connectivity index (χ2n) is 5.67. The molecule has 0 radical (unpaired) electrons. The number of ether oxygens (including phenoxy) is 2. The summed E-state index contributed by atoms with van der Waals surface area (Å²) >= 11 is 0. The van der Waals surface area contributed by atoms with Gasteiger partial charge in [-0.25, -0.2) is 0 Å². The molecular weight excluding hydrogens is 212 g/mol. The van der Waals surface area contributed by atoms with E-state index in [0.717, 1.165) is 6.42 Å². The van der Waals surface area contributed by atoms with Crippen molar-refractivity contribution >= 4 is 0 Å². The highest BCUT2D eigenvalue weighted by Gasteiger charge is 2.52. The highest BCUT2D eigenvalue weighted by Crippen LogP contribution is 2.48. The summed E-state index contributed by atoms with van der Waals surface area (Å²) in [5.74, 6) is 4.86. The molecule has 0 spiro atoms. The van der Waals surface area contributed by atoms with E-state index in [9.17, 15) is 0 Å². The van der Waals surface area contributed by atoms with Crippen LogP contribution in [0.5, 0.6) is 0 Å². The van der Waals surface area contributed by atoms with E-state index in [1.54, 1.807) is 0 Å². The van der Waals surface area contributed by atoms with Gasteiger partial charge in [0.05, 0.1) is 12.2 Å². The summed E-state index contributed by atoms with van der Waals surface area (Å²) < 4.78 is 11.8. The molecule has 1 aliphatic heterocycles. The van der Waals surface area contributed by atoms with Gasteiger partial charge in [0.2, 0.25) is 0 Å². The molecule has 1 aliphatic rings. The second kappa shape index (κ2) is 4.73. The molecule has 2 heteroatoms. The third-order valence-corrected chi connectivity index (χ3v) is 3.66. The van der Waals surface area contributed by atoms with Crippen LogP contribution < -0.4 is 0 Å². The van der Waals surface area contributed by atoms with Crippen molar-refractivity contribution in [3.05, 3.63) is 0 Å². The van der Waals surface area contributed by atoms with Crippen molar-refractivity contribution in [3.63, 3.8) is 0 Å². The molecule has 1 heterocycles. The lowest BCUT2D eigenvalue weighted by Gasteiger charge is -2.54. The molecule has 1 rings (SSSR count). The topological polar surface area (TPSA) is 18.5 Å². The third-order valence-electron chi connectivity index (χ3n) is 3.66. The highest BCUT2D eigenvalue weighted by molar-refractivity contribution is 5.06. The molecule has 1 fully saturated rings. The lowest BCUT2D eigenvalue weighted by atomic mass is 9.68. The van der Waals surface area contributed by atoms with Crippen LogP contribution in [0.25, 0.3) is 0 Å². The smallest absolute Gasteiger partial charge is 0.163 e. The Bertz CT molecular complexity index is 354. The first-order valence-corrected chi connectivity index (χ1v) is 6.00. The van der Waals surface area contributed by atoms with Crippen LogP contribution in [0.15, 0.2) is 0 Å². The van der Waals surface area contributed by atoms with E-state index >= 15 is 0 Å². The number of hydrogen-bond donors (Lipinski definition) is 0. The summed E-state index contributed by atoms with van der Waals surface area (Å²) in [6.45, 7) is 8.60. The molecule has 0 bridgehead atoms. The average Bonchev–Trinajstić information content (AvgIpc) is 2.19. The summed E-state index contributed by atoms with van der Waals surface area (Å²) in [5, 5.41) is 0. The molecule has 1 saturated heterocycles. The van der Waals surface area contributed by atoms with E-state index in [1.165, 1.54) is 0 Å². The first-order valence-electron chi connectivity index (χ1n) is 6.00. The molecule has 94 valence electrons. The van der Waals surface area contributed by atoms with Gasteiger partial charge in [-0.15, -0.1) is 24.7 Å². The van der Waals surface area contributed by atoms with Gasteiger partial charge in [0.25, 0.3) is 0 Å². The monoisotopic (exact) mass is 234 g/mol. The molecule has 0 N–H and O–H groups in total. The van der Waals surface area contributed by atoms with Gasteiger partial charge in [0, 0.05) is 18.3 Å². The van der Waals surface area contributed by atoms with Crippen molar-refractivity contribution in [1.29, 1.82) is 0 Å². The van der Waals surface area contributed by atoms with Gasteiger partial charge in [0.15, 0.2) is 5.79 Å². The zero-order valence-electron chi connectivity index (χ0n) is 11.3. The maximum Gasteiger partial charge on any atom is 0.163 e. The largest absolute Gasteiger partial charge is 0.350 e. The number of terminal acetylenes is 2. The Morgan fingerprint density at radius 2 is 1.76 bits per heavy atom. The van der Waals surface area contributed by atoms with Crippen LogP contribution >= 0.6 is 0 Å². The third kappa shape index (κ3) is 2.83. The first kappa shape index (κ1) is 14.1. The molecule has 0 aromatic heterocycles. The van der Waals surface area contributed by atoms with Crippen LogP contribution in [-0.2, 0) is 9.47 Å². The van der Waals surface area contributed by atoms with Crippen molar-refractivity contribution in [2.24, 2.45) is 5.41 Å². The molecule has 1 unspecified atom stereocenters. The summed E-state index contributed by atoms with van der Waals surface area (Å²) in [6.07, 6.45) is 13.0. The lowest BCUT2D eigenvalue weighted by molar-refractivity contribution is -0.349. The van der Waals surface area contributed by atoms with Crippen molar-refractivity contribution in [1.82, 2.24) is 0 Å². The van der Waals surface area contributed by atoms with Gasteiger partial charge >= 0.3 is 0 Å². The van der Waals surface area contributed by atoms with Crippen molar-refractivity contribution in [2.75, 3.05) is 6.61 Å². The van der Waals surface area contributed by atoms with Gasteiger partial charge in [0.1, 0.15) is 0 Å². The summed E-state index contributed by atoms with van der Waals surface area (Å²) in [4.78, 5) is 0. The second-order valence-corrected chi connectivity index (χ2v) is 5.67. The SMILES string of the molecule is C#CCCC1(CC#C)COC(C)(C)OC1(C)C. The minimum atomic E-state index is -0.558. The van der Waals surface area contributed by atoms with Crippen molar-refractivity contribution in [2.45, 2.75) is 58.3 Å². The molecule has 0 aliphatic carbocycles. The molecule has 0 aromatic rings. The predicted octanol–water partition coefficient (Wildman–Crippen LogP) is 2.97. The maximum atomic E-state index is 6.04. The van der Waals surface area contributed by atoms with Gasteiger partial charge in [-0.2, -0.15) is 0 Å². The van der Waals surface area contributed by atoms with E-state index in [0.29, 0.717) is 19.4 Å². The van der Waals surface area contributed by atoms with Crippen LogP contribution in [0.1, 0.15) is 47.0 Å². The molecule has 2 nitrogen and oxygen atoms in total. The molecule has 0 amide bonds. The zero-order chi connectivity index (χ0) is 13.2.